The first kappa shape index (κ1) is 16.9. The third-order valence-corrected chi connectivity index (χ3v) is 3.30. The van der Waals surface area contributed by atoms with Crippen LogP contribution in [0.5, 0.6) is 0 Å². The van der Waals surface area contributed by atoms with Gasteiger partial charge in [-0.3, -0.25) is 0 Å². The Morgan fingerprint density at radius 3 is 2.40 bits per heavy atom. The van der Waals surface area contributed by atoms with Crippen LogP contribution in [0.1, 0.15) is 11.5 Å². The molecule has 1 N–H and O–H groups in total. The molecule has 3 aromatic rings. The smallest absolute Gasteiger partial charge is 0.374 e. The molecule has 0 saturated carbocycles. The van der Waals surface area contributed by atoms with E-state index in [4.69, 9.17) is 4.52 Å². The average molecular weight is 355 g/mol. The first-order chi connectivity index (χ1) is 11.8. The summed E-state index contributed by atoms with van der Waals surface area (Å²) in [5.74, 6) is -1.10. The van der Waals surface area contributed by atoms with Crippen LogP contribution < -0.4 is 5.32 Å². The number of hydrogen-bond acceptors (Lipinski definition) is 4. The molecule has 0 bridgehead atoms. The molecule has 3 rings (SSSR count). The van der Waals surface area contributed by atoms with Crippen molar-refractivity contribution >= 4 is 5.69 Å². The van der Waals surface area contributed by atoms with Gasteiger partial charge < -0.3 is 9.84 Å². The molecule has 9 heteroatoms. The van der Waals surface area contributed by atoms with Crippen LogP contribution in [-0.4, -0.2) is 10.1 Å². The van der Waals surface area contributed by atoms with Crippen molar-refractivity contribution in [3.05, 3.63) is 65.6 Å². The Bertz CT molecular complexity index is 874. The Hall–Kier alpha value is -2.97. The highest BCUT2D eigenvalue weighted by Crippen LogP contribution is 2.30. The van der Waals surface area contributed by atoms with Crippen LogP contribution >= 0.6 is 0 Å². The van der Waals surface area contributed by atoms with Crippen molar-refractivity contribution in [2.45, 2.75) is 12.7 Å². The molecule has 0 aliphatic heterocycles. The van der Waals surface area contributed by atoms with E-state index in [0.29, 0.717) is 5.56 Å². The van der Waals surface area contributed by atoms with Crippen molar-refractivity contribution < 1.29 is 26.5 Å². The summed E-state index contributed by atoms with van der Waals surface area (Å²) in [4.78, 5) is 4.00. The van der Waals surface area contributed by atoms with Crippen LogP contribution in [0.25, 0.3) is 11.4 Å². The lowest BCUT2D eigenvalue weighted by Gasteiger charge is -2.05. The molecular formula is C16H10F5N3O. The minimum atomic E-state index is -4.43. The monoisotopic (exact) mass is 355 g/mol. The molecule has 0 atom stereocenters. The summed E-state index contributed by atoms with van der Waals surface area (Å²) in [6.07, 6.45) is -4.43. The first-order valence-corrected chi connectivity index (χ1v) is 7.02. The molecule has 1 heterocycles. The lowest BCUT2D eigenvalue weighted by Crippen LogP contribution is -2.04. The zero-order chi connectivity index (χ0) is 18.0. The maximum absolute atomic E-state index is 13.5. The molecular weight excluding hydrogens is 345 g/mol. The van der Waals surface area contributed by atoms with E-state index in [1.54, 1.807) is 0 Å². The average Bonchev–Trinajstić information content (AvgIpc) is 3.04. The van der Waals surface area contributed by atoms with Crippen molar-refractivity contribution in [3.8, 4) is 11.4 Å². The standard InChI is InChI=1S/C16H10F5N3O/c17-11-5-6-12(18)13(7-11)22-8-14-23-15(24-25-14)9-1-3-10(4-2-9)16(19,20)21/h1-7,22H,8H2. The van der Waals surface area contributed by atoms with Crippen LogP contribution in [0.2, 0.25) is 0 Å². The van der Waals surface area contributed by atoms with Crippen molar-refractivity contribution in [1.29, 1.82) is 0 Å². The summed E-state index contributed by atoms with van der Waals surface area (Å²) in [5, 5.41) is 6.26. The van der Waals surface area contributed by atoms with Crippen molar-refractivity contribution in [2.75, 3.05) is 5.32 Å². The predicted molar refractivity (Wildman–Crippen MR) is 78.4 cm³/mol. The minimum Gasteiger partial charge on any atom is -0.374 e. The fourth-order valence-electron chi connectivity index (χ4n) is 2.06. The highest BCUT2D eigenvalue weighted by Gasteiger charge is 2.30. The van der Waals surface area contributed by atoms with Gasteiger partial charge in [-0.05, 0) is 30.3 Å². The Labute approximate surface area is 138 Å². The minimum absolute atomic E-state index is 0.0681. The van der Waals surface area contributed by atoms with E-state index in [9.17, 15) is 22.0 Å². The van der Waals surface area contributed by atoms with Crippen molar-refractivity contribution in [3.63, 3.8) is 0 Å². The van der Waals surface area contributed by atoms with Gasteiger partial charge in [-0.25, -0.2) is 8.78 Å². The van der Waals surface area contributed by atoms with E-state index in [1.165, 1.54) is 12.1 Å². The number of aromatic nitrogens is 2. The van der Waals surface area contributed by atoms with Crippen LogP contribution in [0.15, 0.2) is 47.0 Å². The summed E-state index contributed by atoms with van der Waals surface area (Å²) < 4.78 is 69.1. The van der Waals surface area contributed by atoms with Crippen LogP contribution in [0, 0.1) is 11.6 Å². The molecule has 0 fully saturated rings. The topological polar surface area (TPSA) is 51.0 Å². The Morgan fingerprint density at radius 2 is 1.72 bits per heavy atom. The van der Waals surface area contributed by atoms with Gasteiger partial charge in [0.05, 0.1) is 17.8 Å². The summed E-state index contributed by atoms with van der Waals surface area (Å²) in [6.45, 7) is -0.0754. The molecule has 1 aromatic heterocycles. The number of hydrogen-bond donors (Lipinski definition) is 1. The highest BCUT2D eigenvalue weighted by molar-refractivity contribution is 5.55. The van der Waals surface area contributed by atoms with E-state index >= 15 is 0 Å². The van der Waals surface area contributed by atoms with Gasteiger partial charge in [-0.15, -0.1) is 0 Å². The Kier molecular flexibility index (Phi) is 4.39. The molecule has 0 spiro atoms. The van der Waals surface area contributed by atoms with Gasteiger partial charge >= 0.3 is 6.18 Å². The van der Waals surface area contributed by atoms with Gasteiger partial charge in [0.15, 0.2) is 0 Å². The van der Waals surface area contributed by atoms with Crippen LogP contribution in [0.4, 0.5) is 27.6 Å². The van der Waals surface area contributed by atoms with Gasteiger partial charge in [0.1, 0.15) is 11.6 Å². The summed E-state index contributed by atoms with van der Waals surface area (Å²) >= 11 is 0. The lowest BCUT2D eigenvalue weighted by molar-refractivity contribution is -0.137. The molecule has 2 aromatic carbocycles. The number of rotatable bonds is 4. The highest BCUT2D eigenvalue weighted by atomic mass is 19.4. The number of benzene rings is 2. The zero-order valence-electron chi connectivity index (χ0n) is 12.4. The molecule has 0 aliphatic rings. The molecule has 0 saturated heterocycles. The van der Waals surface area contributed by atoms with E-state index in [1.807, 2.05) is 0 Å². The molecule has 0 amide bonds. The van der Waals surface area contributed by atoms with Crippen molar-refractivity contribution in [2.24, 2.45) is 0 Å². The van der Waals surface area contributed by atoms with E-state index in [2.05, 4.69) is 15.5 Å². The maximum atomic E-state index is 13.5. The van der Waals surface area contributed by atoms with Gasteiger partial charge in [0.2, 0.25) is 11.7 Å². The van der Waals surface area contributed by atoms with Gasteiger partial charge in [-0.2, -0.15) is 18.2 Å². The molecule has 0 radical (unpaired) electrons. The number of nitrogens with one attached hydrogen (secondary N) is 1. The fourth-order valence-corrected chi connectivity index (χ4v) is 2.06. The predicted octanol–water partition coefficient (Wildman–Crippen LogP) is 4.65. The van der Waals surface area contributed by atoms with Gasteiger partial charge in [-0.1, -0.05) is 17.3 Å². The molecule has 4 nitrogen and oxygen atoms in total. The third-order valence-electron chi connectivity index (χ3n) is 3.30. The quantitative estimate of drug-likeness (QED) is 0.693. The van der Waals surface area contributed by atoms with E-state index in [-0.39, 0.29) is 23.9 Å². The third kappa shape index (κ3) is 3.93. The van der Waals surface area contributed by atoms with Crippen LogP contribution in [0.3, 0.4) is 0 Å². The number of nitrogens with zero attached hydrogens (tertiary/aromatic N) is 2. The van der Waals surface area contributed by atoms with Gasteiger partial charge in [0.25, 0.3) is 0 Å². The second-order valence-electron chi connectivity index (χ2n) is 5.06. The summed E-state index contributed by atoms with van der Waals surface area (Å²) in [7, 11) is 0. The molecule has 25 heavy (non-hydrogen) atoms. The van der Waals surface area contributed by atoms with Gasteiger partial charge in [0, 0.05) is 5.56 Å². The number of anilines is 1. The lowest BCUT2D eigenvalue weighted by atomic mass is 10.1. The second kappa shape index (κ2) is 6.50. The first-order valence-electron chi connectivity index (χ1n) is 7.02. The van der Waals surface area contributed by atoms with Crippen molar-refractivity contribution in [1.82, 2.24) is 10.1 Å². The summed E-state index contributed by atoms with van der Waals surface area (Å²) in [5.41, 5.74) is -0.530. The Balaban J connectivity index is 1.71. The largest absolute Gasteiger partial charge is 0.416 e. The van der Waals surface area contributed by atoms with E-state index < -0.39 is 23.4 Å². The van der Waals surface area contributed by atoms with E-state index in [0.717, 1.165) is 30.3 Å². The SMILES string of the molecule is Fc1ccc(F)c(NCc2nc(-c3ccc(C(F)(F)F)cc3)no2)c1. The molecule has 0 unspecified atom stereocenters. The molecule has 0 aliphatic carbocycles. The second-order valence-corrected chi connectivity index (χ2v) is 5.06. The Morgan fingerprint density at radius 1 is 1.00 bits per heavy atom. The number of alkyl halides is 3. The van der Waals surface area contributed by atoms with Crippen LogP contribution in [-0.2, 0) is 12.7 Å². The maximum Gasteiger partial charge on any atom is 0.416 e. The summed E-state index contributed by atoms with van der Waals surface area (Å²) in [6, 6.07) is 7.18. The molecule has 130 valence electrons. The normalized spacial score (nSPS) is 11.6. The number of halogens is 5. The fraction of sp³-hybridized carbons (Fsp3) is 0.125. The zero-order valence-corrected chi connectivity index (χ0v) is 12.4.